The van der Waals surface area contributed by atoms with Crippen molar-refractivity contribution in [2.24, 2.45) is 23.2 Å². The van der Waals surface area contributed by atoms with Gasteiger partial charge in [0.25, 0.3) is 0 Å². The molecule has 1 atom stereocenters. The predicted octanol–water partition coefficient (Wildman–Crippen LogP) is 4.45. The van der Waals surface area contributed by atoms with E-state index in [4.69, 9.17) is 4.42 Å². The van der Waals surface area contributed by atoms with E-state index in [1.54, 1.807) is 0 Å². The summed E-state index contributed by atoms with van der Waals surface area (Å²) in [6.07, 6.45) is 11.4. The highest BCUT2D eigenvalue weighted by Crippen LogP contribution is 2.60. The Morgan fingerprint density at radius 1 is 1.11 bits per heavy atom. The molecule has 1 saturated heterocycles. The summed E-state index contributed by atoms with van der Waals surface area (Å²) in [5.41, 5.74) is -0.0553. The normalized spacial score (nSPS) is 36.7. The van der Waals surface area contributed by atoms with Gasteiger partial charge in [0.2, 0.25) is 5.91 Å². The number of likely N-dealkylation sites (tertiary alicyclic amines) is 1. The van der Waals surface area contributed by atoms with Gasteiger partial charge < -0.3 is 9.73 Å². The highest BCUT2D eigenvalue weighted by atomic mass is 16.3. The van der Waals surface area contributed by atoms with Crippen LogP contribution in [-0.2, 0) is 4.79 Å². The Morgan fingerprint density at radius 2 is 1.74 bits per heavy atom. The quantitative estimate of drug-likeness (QED) is 0.833. The van der Waals surface area contributed by atoms with Crippen LogP contribution in [0.5, 0.6) is 0 Å². The molecule has 1 N–H and O–H groups in total. The average Bonchev–Trinajstić information content (AvgIpc) is 3.07. The molecule has 4 nitrogen and oxygen atoms in total. The van der Waals surface area contributed by atoms with E-state index in [0.717, 1.165) is 61.6 Å². The molecule has 5 fully saturated rings. The molecule has 0 aromatic carbocycles. The summed E-state index contributed by atoms with van der Waals surface area (Å²) < 4.78 is 5.99. The topological polar surface area (TPSA) is 45.5 Å². The minimum Gasteiger partial charge on any atom is -0.465 e. The van der Waals surface area contributed by atoms with Crippen LogP contribution in [0.1, 0.15) is 75.3 Å². The van der Waals surface area contributed by atoms with Gasteiger partial charge in [0.05, 0.1) is 6.04 Å². The van der Waals surface area contributed by atoms with Crippen molar-refractivity contribution in [1.29, 1.82) is 0 Å². The molecular formula is C23H34N2O2. The van der Waals surface area contributed by atoms with Crippen LogP contribution in [0.3, 0.4) is 0 Å². The smallest absolute Gasteiger partial charge is 0.226 e. The molecule has 1 amide bonds. The number of piperidine rings is 1. The van der Waals surface area contributed by atoms with Crippen LogP contribution < -0.4 is 5.32 Å². The molecule has 1 unspecified atom stereocenters. The van der Waals surface area contributed by atoms with E-state index >= 15 is 0 Å². The van der Waals surface area contributed by atoms with Crippen molar-refractivity contribution >= 4 is 5.91 Å². The standard InChI is InChI=1S/C23H34N2O2/c1-16-5-6-21(27-16)20(25-7-3-2-4-8-25)15-24-22(26)23-12-17-9-18(13-23)11-19(10-17)14-23/h5-6,17-20H,2-4,7-15H2,1H3,(H,24,26). The lowest BCUT2D eigenvalue weighted by Crippen LogP contribution is -2.54. The van der Waals surface area contributed by atoms with Crippen molar-refractivity contribution in [3.05, 3.63) is 23.7 Å². The predicted molar refractivity (Wildman–Crippen MR) is 105 cm³/mol. The van der Waals surface area contributed by atoms with Crippen molar-refractivity contribution in [1.82, 2.24) is 10.2 Å². The first kappa shape index (κ1) is 17.8. The molecule has 4 bridgehead atoms. The van der Waals surface area contributed by atoms with E-state index in [-0.39, 0.29) is 11.5 Å². The van der Waals surface area contributed by atoms with E-state index < -0.39 is 0 Å². The molecule has 4 heteroatoms. The zero-order chi connectivity index (χ0) is 18.4. The van der Waals surface area contributed by atoms with Crippen LogP contribution in [0.4, 0.5) is 0 Å². The lowest BCUT2D eigenvalue weighted by atomic mass is 9.49. The van der Waals surface area contributed by atoms with E-state index in [0.29, 0.717) is 12.5 Å². The third kappa shape index (κ3) is 3.35. The Labute approximate surface area is 163 Å². The van der Waals surface area contributed by atoms with E-state index in [1.807, 2.05) is 13.0 Å². The Bertz CT molecular complexity index is 653. The largest absolute Gasteiger partial charge is 0.465 e. The van der Waals surface area contributed by atoms with Crippen LogP contribution >= 0.6 is 0 Å². The molecule has 0 spiro atoms. The van der Waals surface area contributed by atoms with Crippen LogP contribution in [-0.4, -0.2) is 30.4 Å². The number of hydrogen-bond donors (Lipinski definition) is 1. The maximum atomic E-state index is 13.4. The Kier molecular flexibility index (Phi) is 4.58. The van der Waals surface area contributed by atoms with E-state index in [1.165, 1.54) is 38.5 Å². The van der Waals surface area contributed by atoms with Crippen molar-refractivity contribution in [3.63, 3.8) is 0 Å². The number of carbonyl (C=O) groups is 1. The number of nitrogens with zero attached hydrogens (tertiary/aromatic N) is 1. The lowest BCUT2D eigenvalue weighted by molar-refractivity contribution is -0.146. The third-order valence-electron chi connectivity index (χ3n) is 7.90. The number of hydrogen-bond acceptors (Lipinski definition) is 3. The van der Waals surface area contributed by atoms with Crippen molar-refractivity contribution in [3.8, 4) is 0 Å². The number of rotatable bonds is 5. The molecule has 2 heterocycles. The second kappa shape index (κ2) is 6.95. The van der Waals surface area contributed by atoms with E-state index in [2.05, 4.69) is 16.3 Å². The van der Waals surface area contributed by atoms with E-state index in [9.17, 15) is 4.79 Å². The van der Waals surface area contributed by atoms with Gasteiger partial charge in [-0.05, 0) is 101 Å². The number of carbonyl (C=O) groups excluding carboxylic acids is 1. The minimum absolute atomic E-state index is 0.0553. The fraction of sp³-hybridized carbons (Fsp3) is 0.783. The number of amides is 1. The van der Waals surface area contributed by atoms with Crippen LogP contribution in [0.2, 0.25) is 0 Å². The first-order valence-corrected chi connectivity index (χ1v) is 11.2. The van der Waals surface area contributed by atoms with Gasteiger partial charge in [-0.2, -0.15) is 0 Å². The Morgan fingerprint density at radius 3 is 2.30 bits per heavy atom. The zero-order valence-corrected chi connectivity index (χ0v) is 16.7. The fourth-order valence-corrected chi connectivity index (χ4v) is 7.04. The first-order chi connectivity index (χ1) is 13.1. The molecule has 5 aliphatic rings. The fourth-order valence-electron chi connectivity index (χ4n) is 7.04. The maximum absolute atomic E-state index is 13.4. The number of nitrogens with one attached hydrogen (secondary N) is 1. The number of furan rings is 1. The summed E-state index contributed by atoms with van der Waals surface area (Å²) in [5, 5.41) is 3.40. The summed E-state index contributed by atoms with van der Waals surface area (Å²) in [6, 6.07) is 4.33. The summed E-state index contributed by atoms with van der Waals surface area (Å²) in [7, 11) is 0. The average molecular weight is 371 g/mol. The first-order valence-electron chi connectivity index (χ1n) is 11.2. The van der Waals surface area contributed by atoms with Gasteiger partial charge in [-0.1, -0.05) is 6.42 Å². The van der Waals surface area contributed by atoms with Crippen LogP contribution in [0.15, 0.2) is 16.5 Å². The molecule has 148 valence electrons. The highest BCUT2D eigenvalue weighted by Gasteiger charge is 2.54. The highest BCUT2D eigenvalue weighted by molar-refractivity contribution is 5.83. The van der Waals surface area contributed by atoms with Crippen LogP contribution in [0.25, 0.3) is 0 Å². The van der Waals surface area contributed by atoms with Crippen molar-refractivity contribution in [2.45, 2.75) is 70.8 Å². The minimum atomic E-state index is -0.0553. The summed E-state index contributed by atoms with van der Waals surface area (Å²) in [4.78, 5) is 15.9. The van der Waals surface area contributed by atoms with Crippen molar-refractivity contribution < 1.29 is 9.21 Å². The molecule has 0 radical (unpaired) electrons. The molecule has 27 heavy (non-hydrogen) atoms. The molecule has 1 aromatic heterocycles. The maximum Gasteiger partial charge on any atom is 0.226 e. The van der Waals surface area contributed by atoms with Gasteiger partial charge in [0.1, 0.15) is 11.5 Å². The molecule has 4 aliphatic carbocycles. The lowest BCUT2D eigenvalue weighted by Gasteiger charge is -2.55. The monoisotopic (exact) mass is 370 g/mol. The number of aryl methyl sites for hydroxylation is 1. The second-order valence-corrected chi connectivity index (χ2v) is 9.97. The Balaban J connectivity index is 1.29. The van der Waals surface area contributed by atoms with Crippen LogP contribution in [0, 0.1) is 30.1 Å². The van der Waals surface area contributed by atoms with Gasteiger partial charge in [0, 0.05) is 12.0 Å². The molecular weight excluding hydrogens is 336 g/mol. The van der Waals surface area contributed by atoms with Gasteiger partial charge >= 0.3 is 0 Å². The second-order valence-electron chi connectivity index (χ2n) is 9.97. The Hall–Kier alpha value is -1.29. The molecule has 1 aromatic rings. The summed E-state index contributed by atoms with van der Waals surface area (Å²) >= 11 is 0. The summed E-state index contributed by atoms with van der Waals surface area (Å²) in [6.45, 7) is 4.91. The van der Waals surface area contributed by atoms with Gasteiger partial charge in [-0.3, -0.25) is 9.69 Å². The molecule has 6 rings (SSSR count). The van der Waals surface area contributed by atoms with Gasteiger partial charge in [-0.15, -0.1) is 0 Å². The van der Waals surface area contributed by atoms with Gasteiger partial charge in [0.15, 0.2) is 0 Å². The van der Waals surface area contributed by atoms with Crippen molar-refractivity contribution in [2.75, 3.05) is 19.6 Å². The summed E-state index contributed by atoms with van der Waals surface area (Å²) in [5.74, 6) is 4.75. The SMILES string of the molecule is Cc1ccc(C(CNC(=O)C23CC4CC(CC(C4)C2)C3)N2CCCCC2)o1. The molecule has 1 aliphatic heterocycles. The third-order valence-corrected chi connectivity index (χ3v) is 7.90. The molecule has 4 saturated carbocycles. The zero-order valence-electron chi connectivity index (χ0n) is 16.7. The van der Waals surface area contributed by atoms with Gasteiger partial charge in [-0.25, -0.2) is 0 Å².